The number of rotatable bonds is 8. The van der Waals surface area contributed by atoms with Crippen molar-refractivity contribution in [1.29, 1.82) is 0 Å². The Morgan fingerprint density at radius 2 is 1.91 bits per heavy atom. The van der Waals surface area contributed by atoms with Crippen LogP contribution in [0.15, 0.2) is 18.2 Å². The summed E-state index contributed by atoms with van der Waals surface area (Å²) in [6, 6.07) is 5.33. The topological polar surface area (TPSA) is 49.4 Å². The molecule has 0 bridgehead atoms. The second-order valence-corrected chi connectivity index (χ2v) is 6.78. The van der Waals surface area contributed by atoms with Crippen LogP contribution in [0.4, 0.5) is 0 Å². The second kappa shape index (κ2) is 9.78. The van der Waals surface area contributed by atoms with Crippen LogP contribution < -0.4 is 5.32 Å². The minimum Gasteiger partial charge on any atom is -0.356 e. The zero-order chi connectivity index (χ0) is 17.4. The Morgan fingerprint density at radius 3 is 2.48 bits per heavy atom. The van der Waals surface area contributed by atoms with Crippen LogP contribution in [-0.4, -0.2) is 36.3 Å². The molecule has 0 fully saturated rings. The van der Waals surface area contributed by atoms with Crippen molar-refractivity contribution in [2.45, 2.75) is 33.6 Å². The molecular formula is C17H24Cl2N2O2. The fraction of sp³-hybridized carbons (Fsp3) is 0.529. The minimum absolute atomic E-state index is 0.0329. The maximum atomic E-state index is 11.8. The van der Waals surface area contributed by atoms with E-state index in [-0.39, 0.29) is 11.8 Å². The van der Waals surface area contributed by atoms with Gasteiger partial charge in [-0.1, -0.05) is 43.1 Å². The normalized spacial score (nSPS) is 10.7. The van der Waals surface area contributed by atoms with E-state index < -0.39 is 0 Å². The number of carbonyl (C=O) groups excluding carboxylic acids is 2. The molecule has 0 radical (unpaired) electrons. The van der Waals surface area contributed by atoms with Crippen LogP contribution in [0, 0.1) is 5.92 Å². The van der Waals surface area contributed by atoms with Crippen molar-refractivity contribution in [2.24, 2.45) is 5.92 Å². The first-order valence-corrected chi connectivity index (χ1v) is 8.51. The molecule has 128 valence electrons. The van der Waals surface area contributed by atoms with E-state index >= 15 is 0 Å². The van der Waals surface area contributed by atoms with Crippen molar-refractivity contribution in [3.05, 3.63) is 33.8 Å². The van der Waals surface area contributed by atoms with Crippen molar-refractivity contribution in [2.75, 3.05) is 19.6 Å². The number of amides is 2. The van der Waals surface area contributed by atoms with Gasteiger partial charge in [0.1, 0.15) is 0 Å². The summed E-state index contributed by atoms with van der Waals surface area (Å²) in [5.41, 5.74) is 0.937. The Morgan fingerprint density at radius 1 is 1.22 bits per heavy atom. The minimum atomic E-state index is -0.0493. The molecule has 0 unspecified atom stereocenters. The molecule has 0 saturated carbocycles. The first kappa shape index (κ1) is 19.8. The average Bonchev–Trinajstić information content (AvgIpc) is 2.46. The maximum Gasteiger partial charge on any atom is 0.221 e. The summed E-state index contributed by atoms with van der Waals surface area (Å²) in [6.45, 7) is 7.17. The molecule has 0 heterocycles. The van der Waals surface area contributed by atoms with Gasteiger partial charge in [-0.3, -0.25) is 9.59 Å². The van der Waals surface area contributed by atoms with E-state index in [1.165, 1.54) is 6.92 Å². The lowest BCUT2D eigenvalue weighted by Crippen LogP contribution is -2.36. The molecule has 23 heavy (non-hydrogen) atoms. The van der Waals surface area contributed by atoms with Gasteiger partial charge in [0.05, 0.1) is 0 Å². The molecule has 2 amide bonds. The van der Waals surface area contributed by atoms with Crippen LogP contribution in [0.1, 0.15) is 32.8 Å². The molecule has 0 aromatic heterocycles. The number of benzene rings is 1. The molecule has 0 spiro atoms. The number of carbonyl (C=O) groups is 2. The van der Waals surface area contributed by atoms with E-state index in [2.05, 4.69) is 5.32 Å². The standard InChI is InChI=1S/C17H24Cl2N2O2/c1-12(2)11-20-17(23)7-9-21(13(3)22)8-6-14-4-5-15(18)10-16(14)19/h4-5,10,12H,6-9,11H2,1-3H3,(H,20,23). The van der Waals surface area contributed by atoms with Crippen LogP contribution in [0.5, 0.6) is 0 Å². The Balaban J connectivity index is 2.49. The highest BCUT2D eigenvalue weighted by atomic mass is 35.5. The highest BCUT2D eigenvalue weighted by molar-refractivity contribution is 6.35. The molecule has 0 atom stereocenters. The van der Waals surface area contributed by atoms with Gasteiger partial charge in [-0.2, -0.15) is 0 Å². The fourth-order valence-corrected chi connectivity index (χ4v) is 2.55. The molecule has 0 saturated heterocycles. The van der Waals surface area contributed by atoms with Gasteiger partial charge in [-0.25, -0.2) is 0 Å². The van der Waals surface area contributed by atoms with Crippen LogP contribution in [0.3, 0.4) is 0 Å². The summed E-state index contributed by atoms with van der Waals surface area (Å²) in [5, 5.41) is 4.03. The van der Waals surface area contributed by atoms with Gasteiger partial charge in [-0.05, 0) is 30.0 Å². The summed E-state index contributed by atoms with van der Waals surface area (Å²) in [6.07, 6.45) is 0.934. The van der Waals surface area contributed by atoms with Crippen molar-refractivity contribution < 1.29 is 9.59 Å². The Kier molecular flexibility index (Phi) is 8.42. The third-order valence-electron chi connectivity index (χ3n) is 3.43. The van der Waals surface area contributed by atoms with Crippen molar-refractivity contribution in [1.82, 2.24) is 10.2 Å². The summed E-state index contributed by atoms with van der Waals surface area (Å²) < 4.78 is 0. The lowest BCUT2D eigenvalue weighted by Gasteiger charge is -2.21. The highest BCUT2D eigenvalue weighted by Crippen LogP contribution is 2.21. The lowest BCUT2D eigenvalue weighted by atomic mass is 10.1. The van der Waals surface area contributed by atoms with Gasteiger partial charge in [0, 0.05) is 43.0 Å². The monoisotopic (exact) mass is 358 g/mol. The van der Waals surface area contributed by atoms with E-state index in [1.54, 1.807) is 17.0 Å². The zero-order valence-electron chi connectivity index (χ0n) is 13.9. The number of halogens is 2. The third kappa shape index (κ3) is 7.71. The zero-order valence-corrected chi connectivity index (χ0v) is 15.4. The fourth-order valence-electron chi connectivity index (χ4n) is 2.05. The van der Waals surface area contributed by atoms with Crippen molar-refractivity contribution in [3.8, 4) is 0 Å². The molecule has 0 aliphatic carbocycles. The van der Waals surface area contributed by atoms with Gasteiger partial charge in [0.25, 0.3) is 0 Å². The average molecular weight is 359 g/mol. The van der Waals surface area contributed by atoms with Gasteiger partial charge in [0.2, 0.25) is 11.8 Å². The number of nitrogens with zero attached hydrogens (tertiary/aromatic N) is 1. The molecule has 1 rings (SSSR count). The SMILES string of the molecule is CC(=O)N(CCC(=O)NCC(C)C)CCc1ccc(Cl)cc1Cl. The van der Waals surface area contributed by atoms with E-state index in [1.807, 2.05) is 19.9 Å². The summed E-state index contributed by atoms with van der Waals surface area (Å²) in [4.78, 5) is 25.1. The summed E-state index contributed by atoms with van der Waals surface area (Å²) in [7, 11) is 0. The lowest BCUT2D eigenvalue weighted by molar-refractivity contribution is -0.129. The molecule has 0 aliphatic heterocycles. The van der Waals surface area contributed by atoms with Crippen LogP contribution in [0.25, 0.3) is 0 Å². The first-order chi connectivity index (χ1) is 10.8. The smallest absolute Gasteiger partial charge is 0.221 e. The molecule has 1 aromatic carbocycles. The second-order valence-electron chi connectivity index (χ2n) is 5.94. The van der Waals surface area contributed by atoms with Crippen molar-refractivity contribution in [3.63, 3.8) is 0 Å². The van der Waals surface area contributed by atoms with Crippen LogP contribution in [0.2, 0.25) is 10.0 Å². The molecule has 6 heteroatoms. The largest absolute Gasteiger partial charge is 0.356 e. The molecular weight excluding hydrogens is 335 g/mol. The Bertz CT molecular complexity index is 547. The van der Waals surface area contributed by atoms with Crippen LogP contribution >= 0.6 is 23.2 Å². The predicted octanol–water partition coefficient (Wildman–Crippen LogP) is 3.55. The summed E-state index contributed by atoms with van der Waals surface area (Å²) >= 11 is 12.0. The quantitative estimate of drug-likeness (QED) is 0.772. The highest BCUT2D eigenvalue weighted by Gasteiger charge is 2.12. The first-order valence-electron chi connectivity index (χ1n) is 7.75. The molecule has 4 nitrogen and oxygen atoms in total. The van der Waals surface area contributed by atoms with Gasteiger partial charge < -0.3 is 10.2 Å². The summed E-state index contributed by atoms with van der Waals surface area (Å²) in [5.74, 6) is 0.330. The van der Waals surface area contributed by atoms with E-state index in [0.717, 1.165) is 5.56 Å². The van der Waals surface area contributed by atoms with Gasteiger partial charge >= 0.3 is 0 Å². The Hall–Kier alpha value is -1.26. The molecule has 0 aliphatic rings. The Labute approximate surface area is 148 Å². The number of hydrogen-bond acceptors (Lipinski definition) is 2. The van der Waals surface area contributed by atoms with Gasteiger partial charge in [0.15, 0.2) is 0 Å². The molecule has 1 N–H and O–H groups in total. The number of hydrogen-bond donors (Lipinski definition) is 1. The van der Waals surface area contributed by atoms with E-state index in [0.29, 0.717) is 48.4 Å². The number of nitrogens with one attached hydrogen (secondary N) is 1. The van der Waals surface area contributed by atoms with Crippen molar-refractivity contribution >= 4 is 35.0 Å². The molecule has 1 aromatic rings. The van der Waals surface area contributed by atoms with Gasteiger partial charge in [-0.15, -0.1) is 0 Å². The van der Waals surface area contributed by atoms with Crippen LogP contribution in [-0.2, 0) is 16.0 Å². The van der Waals surface area contributed by atoms with E-state index in [9.17, 15) is 9.59 Å². The third-order valence-corrected chi connectivity index (χ3v) is 4.01. The maximum absolute atomic E-state index is 11.8. The van der Waals surface area contributed by atoms with E-state index in [4.69, 9.17) is 23.2 Å². The predicted molar refractivity (Wildman–Crippen MR) is 94.9 cm³/mol.